The Labute approximate surface area is 56.3 Å². The summed E-state index contributed by atoms with van der Waals surface area (Å²) in [6.45, 7) is 0.636. The van der Waals surface area contributed by atoms with E-state index in [1.165, 1.54) is 6.08 Å². The predicted molar refractivity (Wildman–Crippen MR) is 39.9 cm³/mol. The molecule has 0 saturated carbocycles. The quantitative estimate of drug-likeness (QED) is 0.198. The smallest absolute Gasteiger partial charge is 0.211 e. The monoisotopic (exact) mass is 147 g/mol. The van der Waals surface area contributed by atoms with E-state index in [0.717, 1.165) is 12.5 Å². The van der Waals surface area contributed by atoms with E-state index >= 15 is 0 Å². The molecular weight excluding hydrogens is 138 g/mol. The Morgan fingerprint density at radius 3 is 3.00 bits per heavy atom. The summed E-state index contributed by atoms with van der Waals surface area (Å²) in [6.07, 6.45) is 2.50. The molecule has 0 radical (unpaired) electrons. The van der Waals surface area contributed by atoms with E-state index in [1.54, 1.807) is 0 Å². The van der Waals surface area contributed by atoms with Crippen LogP contribution in [-0.2, 0) is 4.79 Å². The molecule has 0 aliphatic rings. The van der Waals surface area contributed by atoms with Gasteiger partial charge < -0.3 is 0 Å². The zero-order chi connectivity index (χ0) is 6.24. The average molecular weight is 147 g/mol. The SMILES string of the molecule is O=C=NCCC[SiH2]S. The van der Waals surface area contributed by atoms with Gasteiger partial charge in [-0.1, -0.05) is 6.04 Å². The summed E-state index contributed by atoms with van der Waals surface area (Å²) in [4.78, 5) is 12.9. The van der Waals surface area contributed by atoms with Crippen LogP contribution in [0, 0.1) is 0 Å². The van der Waals surface area contributed by atoms with Crippen molar-refractivity contribution in [2.24, 2.45) is 4.99 Å². The predicted octanol–water partition coefficient (Wildman–Crippen LogP) is 0.144. The van der Waals surface area contributed by atoms with Crippen LogP contribution in [-0.4, -0.2) is 21.3 Å². The van der Waals surface area contributed by atoms with E-state index in [9.17, 15) is 4.79 Å². The maximum Gasteiger partial charge on any atom is 0.234 e. The van der Waals surface area contributed by atoms with Gasteiger partial charge in [-0.15, -0.1) is 0 Å². The van der Waals surface area contributed by atoms with Gasteiger partial charge in [0.05, 0.1) is 15.2 Å². The molecule has 0 saturated heterocycles. The number of isocyanates is 1. The maximum atomic E-state index is 9.47. The van der Waals surface area contributed by atoms with Crippen molar-refractivity contribution in [3.63, 3.8) is 0 Å². The number of aliphatic imine (C=N–C) groups is 1. The molecule has 0 aromatic rings. The summed E-state index contributed by atoms with van der Waals surface area (Å²) in [7, 11) is -0.109. The van der Waals surface area contributed by atoms with Crippen LogP contribution >= 0.6 is 12.1 Å². The summed E-state index contributed by atoms with van der Waals surface area (Å²) in [5.74, 6) is 0. The highest BCUT2D eigenvalue weighted by Crippen LogP contribution is 1.89. The van der Waals surface area contributed by atoms with Gasteiger partial charge in [0.1, 0.15) is 0 Å². The third kappa shape index (κ3) is 5.95. The van der Waals surface area contributed by atoms with E-state index in [2.05, 4.69) is 17.1 Å². The Balaban J connectivity index is 2.82. The Morgan fingerprint density at radius 1 is 1.75 bits per heavy atom. The molecule has 0 spiro atoms. The van der Waals surface area contributed by atoms with E-state index in [4.69, 9.17) is 0 Å². The number of thiol groups is 1. The Morgan fingerprint density at radius 2 is 2.50 bits per heavy atom. The van der Waals surface area contributed by atoms with Gasteiger partial charge >= 0.3 is 0 Å². The number of nitrogens with zero attached hydrogens (tertiary/aromatic N) is 1. The topological polar surface area (TPSA) is 29.4 Å². The summed E-state index contributed by atoms with van der Waals surface area (Å²) in [5.41, 5.74) is 0. The van der Waals surface area contributed by atoms with E-state index in [-0.39, 0.29) is 8.67 Å². The second-order valence-electron chi connectivity index (χ2n) is 1.40. The van der Waals surface area contributed by atoms with Gasteiger partial charge in [-0.3, -0.25) is 0 Å². The van der Waals surface area contributed by atoms with Crippen molar-refractivity contribution in [3.8, 4) is 0 Å². The minimum atomic E-state index is -0.109. The molecule has 0 rings (SSSR count). The highest BCUT2D eigenvalue weighted by Gasteiger charge is 1.81. The van der Waals surface area contributed by atoms with Crippen LogP contribution in [0.2, 0.25) is 6.04 Å². The van der Waals surface area contributed by atoms with Crippen LogP contribution < -0.4 is 0 Å². The first-order chi connectivity index (χ1) is 3.91. The fourth-order valence-electron chi connectivity index (χ4n) is 0.348. The summed E-state index contributed by atoms with van der Waals surface area (Å²) < 4.78 is 0. The van der Waals surface area contributed by atoms with Crippen molar-refractivity contribution in [1.29, 1.82) is 0 Å². The van der Waals surface area contributed by atoms with Crippen molar-refractivity contribution >= 4 is 26.8 Å². The van der Waals surface area contributed by atoms with Crippen LogP contribution in [0.15, 0.2) is 4.99 Å². The second kappa shape index (κ2) is 6.95. The van der Waals surface area contributed by atoms with Crippen LogP contribution in [0.5, 0.6) is 0 Å². The first kappa shape index (κ1) is 7.95. The van der Waals surface area contributed by atoms with Crippen LogP contribution in [0.1, 0.15) is 6.42 Å². The molecule has 4 heteroatoms. The lowest BCUT2D eigenvalue weighted by Gasteiger charge is -1.85. The van der Waals surface area contributed by atoms with Gasteiger partial charge in [0.15, 0.2) is 0 Å². The molecule has 0 N–H and O–H groups in total. The van der Waals surface area contributed by atoms with Crippen LogP contribution in [0.25, 0.3) is 0 Å². The molecule has 0 aliphatic heterocycles. The molecule has 46 valence electrons. The highest BCUT2D eigenvalue weighted by atomic mass is 32.3. The fourth-order valence-corrected chi connectivity index (χ4v) is 1.47. The van der Waals surface area contributed by atoms with Crippen LogP contribution in [0.3, 0.4) is 0 Å². The second-order valence-corrected chi connectivity index (χ2v) is 3.90. The first-order valence-corrected chi connectivity index (χ1v) is 6.09. The highest BCUT2D eigenvalue weighted by molar-refractivity contribution is 8.06. The van der Waals surface area contributed by atoms with E-state index in [1.807, 2.05) is 0 Å². The molecule has 0 aromatic carbocycles. The molecule has 0 amide bonds. The lowest BCUT2D eigenvalue weighted by Crippen LogP contribution is -1.81. The summed E-state index contributed by atoms with van der Waals surface area (Å²) >= 11 is 4.12. The van der Waals surface area contributed by atoms with E-state index in [0.29, 0.717) is 6.54 Å². The van der Waals surface area contributed by atoms with E-state index < -0.39 is 0 Å². The Hall–Kier alpha value is -0.0531. The molecule has 0 atom stereocenters. The molecule has 0 aromatic heterocycles. The lowest BCUT2D eigenvalue weighted by molar-refractivity contribution is 0.562. The zero-order valence-corrected chi connectivity index (χ0v) is 6.94. The van der Waals surface area contributed by atoms with Gasteiger partial charge in [0.25, 0.3) is 0 Å². The normalized spacial score (nSPS) is 9.62. The third-order valence-electron chi connectivity index (χ3n) is 0.743. The number of hydrogen-bond acceptors (Lipinski definition) is 3. The fraction of sp³-hybridized carbons (Fsp3) is 0.750. The van der Waals surface area contributed by atoms with Crippen molar-refractivity contribution in [3.05, 3.63) is 0 Å². The Bertz CT molecular complexity index is 92.0. The van der Waals surface area contributed by atoms with Crippen molar-refractivity contribution in [1.82, 2.24) is 0 Å². The number of hydrogen-bond donors (Lipinski definition) is 1. The third-order valence-corrected chi connectivity index (χ3v) is 2.51. The van der Waals surface area contributed by atoms with Gasteiger partial charge in [0, 0.05) is 0 Å². The minimum Gasteiger partial charge on any atom is -0.211 e. The number of rotatable bonds is 4. The van der Waals surface area contributed by atoms with Crippen molar-refractivity contribution < 1.29 is 4.79 Å². The molecular formula is C4H9NOSSi. The van der Waals surface area contributed by atoms with Gasteiger partial charge in [-0.25, -0.2) is 21.9 Å². The standard InChI is InChI=1S/C4H9NOSSi/c6-4-5-2-1-3-8-7/h7H,1-3,8H2. The Kier molecular flexibility index (Phi) is 6.90. The molecule has 0 heterocycles. The molecule has 0 unspecified atom stereocenters. The first-order valence-electron chi connectivity index (χ1n) is 2.56. The van der Waals surface area contributed by atoms with Crippen LogP contribution in [0.4, 0.5) is 0 Å². The van der Waals surface area contributed by atoms with Gasteiger partial charge in [0.2, 0.25) is 6.08 Å². The van der Waals surface area contributed by atoms with Crippen molar-refractivity contribution in [2.75, 3.05) is 6.54 Å². The molecule has 2 nitrogen and oxygen atoms in total. The summed E-state index contributed by atoms with van der Waals surface area (Å²) in [5, 5.41) is 0. The largest absolute Gasteiger partial charge is 0.234 e. The average Bonchev–Trinajstić information content (AvgIpc) is 1.81. The molecule has 8 heavy (non-hydrogen) atoms. The van der Waals surface area contributed by atoms with Gasteiger partial charge in [-0.2, -0.15) is 0 Å². The summed E-state index contributed by atoms with van der Waals surface area (Å²) in [6, 6.07) is 1.16. The maximum absolute atomic E-state index is 9.47. The minimum absolute atomic E-state index is 0.109. The molecule has 0 fully saturated rings. The molecule has 0 bridgehead atoms. The van der Waals surface area contributed by atoms with Gasteiger partial charge in [-0.05, 0) is 6.42 Å². The zero-order valence-electron chi connectivity index (χ0n) is 4.63. The van der Waals surface area contributed by atoms with Crippen molar-refractivity contribution in [2.45, 2.75) is 12.5 Å². The number of carbonyl (C=O) groups excluding carboxylic acids is 1. The lowest BCUT2D eigenvalue weighted by atomic mass is 10.5. The molecule has 0 aliphatic carbocycles.